The predicted octanol–water partition coefficient (Wildman–Crippen LogP) is 2.97. The Labute approximate surface area is 94.8 Å². The van der Waals surface area contributed by atoms with E-state index in [0.717, 1.165) is 19.1 Å². The van der Waals surface area contributed by atoms with Crippen LogP contribution in [0.25, 0.3) is 0 Å². The van der Waals surface area contributed by atoms with E-state index in [1.54, 1.807) is 0 Å². The van der Waals surface area contributed by atoms with Gasteiger partial charge in [-0.2, -0.15) is 0 Å². The van der Waals surface area contributed by atoms with Gasteiger partial charge in [0, 0.05) is 12.6 Å². The summed E-state index contributed by atoms with van der Waals surface area (Å²) in [6.07, 6.45) is 5.35. The molecular formula is C13H27NO. The van der Waals surface area contributed by atoms with Gasteiger partial charge in [0.25, 0.3) is 0 Å². The molecule has 0 aliphatic heterocycles. The molecule has 1 unspecified atom stereocenters. The highest BCUT2D eigenvalue weighted by Gasteiger charge is 2.38. The van der Waals surface area contributed by atoms with Crippen LogP contribution >= 0.6 is 0 Å². The Balaban J connectivity index is 2.52. The Kier molecular flexibility index (Phi) is 5.07. The Morgan fingerprint density at radius 1 is 1.33 bits per heavy atom. The normalized spacial score (nSPS) is 20.0. The van der Waals surface area contributed by atoms with Crippen molar-refractivity contribution in [1.82, 2.24) is 5.32 Å². The highest BCUT2D eigenvalue weighted by Crippen LogP contribution is 2.35. The van der Waals surface area contributed by atoms with Gasteiger partial charge in [0.15, 0.2) is 0 Å². The second-order valence-electron chi connectivity index (χ2n) is 5.16. The topological polar surface area (TPSA) is 21.3 Å². The predicted molar refractivity (Wildman–Crippen MR) is 65.1 cm³/mol. The molecule has 0 radical (unpaired) electrons. The molecule has 1 aliphatic carbocycles. The van der Waals surface area contributed by atoms with Crippen molar-refractivity contribution < 1.29 is 4.74 Å². The summed E-state index contributed by atoms with van der Waals surface area (Å²) in [5.41, 5.74) is -0.0188. The molecule has 0 bridgehead atoms. The zero-order valence-electron chi connectivity index (χ0n) is 10.8. The lowest BCUT2D eigenvalue weighted by Gasteiger charge is -2.43. The van der Waals surface area contributed by atoms with Crippen LogP contribution in [0.1, 0.15) is 53.4 Å². The molecule has 15 heavy (non-hydrogen) atoms. The van der Waals surface area contributed by atoms with E-state index in [1.165, 1.54) is 25.7 Å². The maximum Gasteiger partial charge on any atom is 0.0781 e. The van der Waals surface area contributed by atoms with Crippen LogP contribution in [0, 0.1) is 5.92 Å². The van der Waals surface area contributed by atoms with Crippen LogP contribution in [0.3, 0.4) is 0 Å². The number of ether oxygens (including phenoxy) is 1. The monoisotopic (exact) mass is 213 g/mol. The van der Waals surface area contributed by atoms with Crippen molar-refractivity contribution in [2.75, 3.05) is 13.2 Å². The van der Waals surface area contributed by atoms with Crippen LogP contribution in [0.2, 0.25) is 0 Å². The van der Waals surface area contributed by atoms with Crippen LogP contribution < -0.4 is 5.32 Å². The first-order valence-electron chi connectivity index (χ1n) is 6.49. The van der Waals surface area contributed by atoms with Gasteiger partial charge in [0.2, 0.25) is 0 Å². The molecule has 0 saturated heterocycles. The van der Waals surface area contributed by atoms with Gasteiger partial charge >= 0.3 is 0 Å². The van der Waals surface area contributed by atoms with E-state index < -0.39 is 0 Å². The first kappa shape index (κ1) is 13.0. The quantitative estimate of drug-likeness (QED) is 0.702. The highest BCUT2D eigenvalue weighted by atomic mass is 16.5. The Hall–Kier alpha value is -0.0800. The lowest BCUT2D eigenvalue weighted by atomic mass is 9.74. The van der Waals surface area contributed by atoms with Crippen molar-refractivity contribution in [3.63, 3.8) is 0 Å². The van der Waals surface area contributed by atoms with Gasteiger partial charge in [-0.15, -0.1) is 0 Å². The molecule has 2 heteroatoms. The minimum atomic E-state index is -0.0188. The van der Waals surface area contributed by atoms with E-state index in [4.69, 9.17) is 4.74 Å². The minimum absolute atomic E-state index is 0.0188. The SMILES string of the molecule is CCCNC(C1CCC1)C(C)(C)OCC. The fourth-order valence-electron chi connectivity index (χ4n) is 2.51. The fraction of sp³-hybridized carbons (Fsp3) is 1.00. The molecule has 0 aromatic rings. The summed E-state index contributed by atoms with van der Waals surface area (Å²) in [7, 11) is 0. The molecule has 1 N–H and O–H groups in total. The third-order valence-corrected chi connectivity index (χ3v) is 3.50. The third kappa shape index (κ3) is 3.46. The summed E-state index contributed by atoms with van der Waals surface area (Å²) >= 11 is 0. The largest absolute Gasteiger partial charge is 0.374 e. The van der Waals surface area contributed by atoms with Crippen molar-refractivity contribution in [3.05, 3.63) is 0 Å². The summed E-state index contributed by atoms with van der Waals surface area (Å²) in [6.45, 7) is 10.7. The molecule has 0 amide bonds. The minimum Gasteiger partial charge on any atom is -0.374 e. The zero-order chi connectivity index (χ0) is 11.3. The first-order valence-corrected chi connectivity index (χ1v) is 6.49. The van der Waals surface area contributed by atoms with Crippen LogP contribution in [0.15, 0.2) is 0 Å². The number of hydrogen-bond acceptors (Lipinski definition) is 2. The zero-order valence-corrected chi connectivity index (χ0v) is 10.8. The molecule has 1 saturated carbocycles. The third-order valence-electron chi connectivity index (χ3n) is 3.50. The smallest absolute Gasteiger partial charge is 0.0781 e. The second kappa shape index (κ2) is 5.86. The molecule has 0 spiro atoms. The first-order chi connectivity index (χ1) is 7.11. The van der Waals surface area contributed by atoms with Gasteiger partial charge in [-0.1, -0.05) is 13.3 Å². The lowest BCUT2D eigenvalue weighted by molar-refractivity contribution is -0.0626. The average Bonchev–Trinajstić information content (AvgIpc) is 2.08. The molecule has 1 atom stereocenters. The van der Waals surface area contributed by atoms with E-state index >= 15 is 0 Å². The molecule has 1 fully saturated rings. The van der Waals surface area contributed by atoms with Crippen LogP contribution in [-0.2, 0) is 4.74 Å². The molecule has 2 nitrogen and oxygen atoms in total. The van der Waals surface area contributed by atoms with Crippen LogP contribution in [0.4, 0.5) is 0 Å². The van der Waals surface area contributed by atoms with Gasteiger partial charge in [0.05, 0.1) is 5.60 Å². The van der Waals surface area contributed by atoms with E-state index in [0.29, 0.717) is 6.04 Å². The summed E-state index contributed by atoms with van der Waals surface area (Å²) in [6, 6.07) is 0.533. The summed E-state index contributed by atoms with van der Waals surface area (Å²) in [5.74, 6) is 0.832. The van der Waals surface area contributed by atoms with Gasteiger partial charge < -0.3 is 10.1 Å². The maximum absolute atomic E-state index is 5.88. The second-order valence-corrected chi connectivity index (χ2v) is 5.16. The Morgan fingerprint density at radius 3 is 2.40 bits per heavy atom. The van der Waals surface area contributed by atoms with Gasteiger partial charge in [0.1, 0.15) is 0 Å². The van der Waals surface area contributed by atoms with E-state index in [2.05, 4.69) is 33.0 Å². The molecule has 1 rings (SSSR count). The molecule has 0 aromatic heterocycles. The number of nitrogens with one attached hydrogen (secondary N) is 1. The molecule has 1 aliphatic rings. The van der Waals surface area contributed by atoms with Gasteiger partial charge in [-0.25, -0.2) is 0 Å². The van der Waals surface area contributed by atoms with Crippen molar-refractivity contribution in [2.45, 2.75) is 65.0 Å². The average molecular weight is 213 g/mol. The van der Waals surface area contributed by atoms with Crippen LogP contribution in [0.5, 0.6) is 0 Å². The van der Waals surface area contributed by atoms with Crippen LogP contribution in [-0.4, -0.2) is 24.8 Å². The molecular weight excluding hydrogens is 186 g/mol. The summed E-state index contributed by atoms with van der Waals surface area (Å²) in [4.78, 5) is 0. The van der Waals surface area contributed by atoms with Gasteiger partial charge in [-0.3, -0.25) is 0 Å². The van der Waals surface area contributed by atoms with Gasteiger partial charge in [-0.05, 0) is 52.5 Å². The van der Waals surface area contributed by atoms with Crippen molar-refractivity contribution >= 4 is 0 Å². The van der Waals surface area contributed by atoms with Crippen molar-refractivity contribution in [3.8, 4) is 0 Å². The summed E-state index contributed by atoms with van der Waals surface area (Å²) < 4.78 is 5.88. The maximum atomic E-state index is 5.88. The van der Waals surface area contributed by atoms with E-state index in [1.807, 2.05) is 0 Å². The molecule has 90 valence electrons. The fourth-order valence-corrected chi connectivity index (χ4v) is 2.51. The lowest BCUT2D eigenvalue weighted by Crippen LogP contribution is -2.54. The van der Waals surface area contributed by atoms with E-state index in [-0.39, 0.29) is 5.60 Å². The summed E-state index contributed by atoms with van der Waals surface area (Å²) in [5, 5.41) is 3.67. The standard InChI is InChI=1S/C13H27NO/c1-5-10-14-12(11-8-7-9-11)13(3,4)15-6-2/h11-12,14H,5-10H2,1-4H3. The molecule has 0 aromatic carbocycles. The highest BCUT2D eigenvalue weighted by molar-refractivity contribution is 4.94. The number of hydrogen-bond donors (Lipinski definition) is 1. The van der Waals surface area contributed by atoms with Crippen molar-refractivity contribution in [1.29, 1.82) is 0 Å². The molecule has 0 heterocycles. The number of rotatable bonds is 7. The van der Waals surface area contributed by atoms with E-state index in [9.17, 15) is 0 Å². The Bertz CT molecular complexity index is 175. The Morgan fingerprint density at radius 2 is 2.00 bits per heavy atom. The van der Waals surface area contributed by atoms with Crippen molar-refractivity contribution in [2.24, 2.45) is 5.92 Å².